The molecule has 0 aliphatic heterocycles. The monoisotopic (exact) mass is 360 g/mol. The first kappa shape index (κ1) is 16.0. The molecule has 1 aromatic rings. The molecule has 3 atom stereocenters. The third kappa shape index (κ3) is 3.26. The largest absolute Gasteiger partial charge is 0.385 e. The average Bonchev–Trinajstić information content (AvgIpc) is 2.38. The zero-order valence-electron chi connectivity index (χ0n) is 11.8. The highest BCUT2D eigenvalue weighted by atomic mass is 79.9. The molecule has 0 spiro atoms. The van der Waals surface area contributed by atoms with Crippen molar-refractivity contribution in [3.05, 3.63) is 34.3 Å². The zero-order valence-corrected chi connectivity index (χ0v) is 14.2. The van der Waals surface area contributed by atoms with Crippen LogP contribution in [0, 0.1) is 5.92 Å². The Balaban J connectivity index is 2.28. The van der Waals surface area contributed by atoms with Gasteiger partial charge < -0.3 is 5.11 Å². The van der Waals surface area contributed by atoms with Gasteiger partial charge in [-0.1, -0.05) is 40.5 Å². The fourth-order valence-electron chi connectivity index (χ4n) is 3.14. The van der Waals surface area contributed by atoms with E-state index in [4.69, 9.17) is 0 Å². The van der Waals surface area contributed by atoms with Crippen LogP contribution in [0.1, 0.15) is 38.2 Å². The van der Waals surface area contributed by atoms with Crippen LogP contribution in [0.4, 0.5) is 0 Å². The molecular weight excluding hydrogens is 340 g/mol. The molecule has 0 saturated heterocycles. The van der Waals surface area contributed by atoms with E-state index >= 15 is 0 Å². The number of sulfone groups is 1. The third-order valence-electron chi connectivity index (χ3n) is 4.45. The maximum atomic E-state index is 11.8. The topological polar surface area (TPSA) is 54.4 Å². The Morgan fingerprint density at radius 3 is 2.55 bits per heavy atom. The van der Waals surface area contributed by atoms with Crippen LogP contribution in [0.25, 0.3) is 0 Å². The van der Waals surface area contributed by atoms with Gasteiger partial charge in [-0.15, -0.1) is 0 Å². The summed E-state index contributed by atoms with van der Waals surface area (Å²) in [5.74, 6) is -0.0327. The molecule has 1 saturated carbocycles. The summed E-state index contributed by atoms with van der Waals surface area (Å²) in [5, 5.41) is 10.6. The summed E-state index contributed by atoms with van der Waals surface area (Å²) in [6.45, 7) is 1.79. The molecule has 0 aromatic heterocycles. The maximum absolute atomic E-state index is 11.8. The van der Waals surface area contributed by atoms with Crippen molar-refractivity contribution in [1.29, 1.82) is 0 Å². The van der Waals surface area contributed by atoms with Crippen molar-refractivity contribution in [2.24, 2.45) is 5.92 Å². The van der Waals surface area contributed by atoms with E-state index in [1.54, 1.807) is 6.92 Å². The van der Waals surface area contributed by atoms with Crippen LogP contribution in [0.15, 0.2) is 28.7 Å². The molecule has 0 bridgehead atoms. The lowest BCUT2D eigenvalue weighted by Gasteiger charge is -2.39. The number of hydrogen-bond acceptors (Lipinski definition) is 3. The van der Waals surface area contributed by atoms with Crippen LogP contribution in [0.2, 0.25) is 0 Å². The van der Waals surface area contributed by atoms with Gasteiger partial charge in [-0.3, -0.25) is 0 Å². The van der Waals surface area contributed by atoms with Gasteiger partial charge in [0.05, 0.1) is 10.9 Å². The second-order valence-corrected chi connectivity index (χ2v) is 9.12. The zero-order chi connectivity index (χ0) is 15.0. The SMILES string of the molecule is CC(O)(c1ccccc1Br)C1CCCC(S(C)(=O)=O)C1. The third-order valence-corrected chi connectivity index (χ3v) is 6.78. The van der Waals surface area contributed by atoms with Crippen LogP contribution in [0.5, 0.6) is 0 Å². The van der Waals surface area contributed by atoms with Crippen LogP contribution in [-0.4, -0.2) is 25.0 Å². The van der Waals surface area contributed by atoms with E-state index in [0.717, 1.165) is 22.9 Å². The van der Waals surface area contributed by atoms with Gasteiger partial charge in [0.1, 0.15) is 9.84 Å². The minimum atomic E-state index is -3.03. The molecule has 5 heteroatoms. The molecule has 1 fully saturated rings. The second-order valence-electron chi connectivity index (χ2n) is 5.94. The maximum Gasteiger partial charge on any atom is 0.150 e. The van der Waals surface area contributed by atoms with Crippen molar-refractivity contribution < 1.29 is 13.5 Å². The van der Waals surface area contributed by atoms with E-state index in [0.29, 0.717) is 12.8 Å². The van der Waals surface area contributed by atoms with Crippen molar-refractivity contribution in [3.8, 4) is 0 Å². The molecule has 3 unspecified atom stereocenters. The molecule has 0 radical (unpaired) electrons. The van der Waals surface area contributed by atoms with Crippen molar-refractivity contribution in [2.75, 3.05) is 6.26 Å². The van der Waals surface area contributed by atoms with Crippen molar-refractivity contribution in [2.45, 2.75) is 43.5 Å². The lowest BCUT2D eigenvalue weighted by molar-refractivity contribution is -0.0214. The Morgan fingerprint density at radius 2 is 1.95 bits per heavy atom. The van der Waals surface area contributed by atoms with E-state index in [9.17, 15) is 13.5 Å². The highest BCUT2D eigenvalue weighted by Gasteiger charge is 2.40. The summed E-state index contributed by atoms with van der Waals surface area (Å²) in [5.41, 5.74) is -0.178. The summed E-state index contributed by atoms with van der Waals surface area (Å²) >= 11 is 3.48. The molecule has 1 aliphatic rings. The Morgan fingerprint density at radius 1 is 1.30 bits per heavy atom. The van der Waals surface area contributed by atoms with Gasteiger partial charge in [0.2, 0.25) is 0 Å². The molecule has 3 nitrogen and oxygen atoms in total. The van der Waals surface area contributed by atoms with Crippen molar-refractivity contribution >= 4 is 25.8 Å². The van der Waals surface area contributed by atoms with Crippen LogP contribution < -0.4 is 0 Å². The Bertz CT molecular complexity index is 581. The molecule has 1 aromatic carbocycles. The Hall–Kier alpha value is -0.390. The fraction of sp³-hybridized carbons (Fsp3) is 0.600. The first-order valence-electron chi connectivity index (χ1n) is 6.89. The standard InChI is InChI=1S/C15H21BrO3S/c1-15(17,13-8-3-4-9-14(13)16)11-6-5-7-12(10-11)20(2,18)19/h3-4,8-9,11-12,17H,5-7,10H2,1-2H3. The smallest absolute Gasteiger partial charge is 0.150 e. The predicted octanol–water partition coefficient (Wildman–Crippen LogP) is 3.26. The van der Waals surface area contributed by atoms with Crippen LogP contribution in [0.3, 0.4) is 0 Å². The summed E-state index contributed by atoms with van der Waals surface area (Å²) in [7, 11) is -3.03. The van der Waals surface area contributed by atoms with Gasteiger partial charge in [0, 0.05) is 10.7 Å². The van der Waals surface area contributed by atoms with Gasteiger partial charge in [0.15, 0.2) is 0 Å². The van der Waals surface area contributed by atoms with Crippen molar-refractivity contribution in [3.63, 3.8) is 0 Å². The molecular formula is C15H21BrO3S. The molecule has 20 heavy (non-hydrogen) atoms. The minimum absolute atomic E-state index is 0.0327. The number of halogens is 1. The van der Waals surface area contributed by atoms with Crippen molar-refractivity contribution in [1.82, 2.24) is 0 Å². The molecule has 1 N–H and O–H groups in total. The summed E-state index contributed by atoms with van der Waals surface area (Å²) in [4.78, 5) is 0. The highest BCUT2D eigenvalue weighted by Crippen LogP contribution is 2.42. The van der Waals surface area contributed by atoms with E-state index in [2.05, 4.69) is 15.9 Å². The summed E-state index contributed by atoms with van der Waals surface area (Å²) < 4.78 is 24.4. The summed E-state index contributed by atoms with van der Waals surface area (Å²) in [6.07, 6.45) is 4.26. The van der Waals surface area contributed by atoms with Crippen LogP contribution in [-0.2, 0) is 15.4 Å². The average molecular weight is 361 g/mol. The fourth-order valence-corrected chi connectivity index (χ4v) is 5.00. The van der Waals surface area contributed by atoms with Gasteiger partial charge in [-0.2, -0.15) is 0 Å². The number of rotatable bonds is 3. The van der Waals surface area contributed by atoms with Crippen LogP contribution >= 0.6 is 15.9 Å². The van der Waals surface area contributed by atoms with Gasteiger partial charge in [-0.25, -0.2) is 8.42 Å². The Kier molecular flexibility index (Phi) is 4.62. The van der Waals surface area contributed by atoms with E-state index < -0.39 is 15.4 Å². The van der Waals surface area contributed by atoms with Gasteiger partial charge in [-0.05, 0) is 43.7 Å². The predicted molar refractivity (Wildman–Crippen MR) is 84.3 cm³/mol. The number of aliphatic hydroxyl groups is 1. The first-order chi connectivity index (χ1) is 9.23. The molecule has 0 heterocycles. The van der Waals surface area contributed by atoms with E-state index in [1.165, 1.54) is 6.26 Å². The first-order valence-corrected chi connectivity index (χ1v) is 9.64. The van der Waals surface area contributed by atoms with E-state index in [-0.39, 0.29) is 11.2 Å². The molecule has 112 valence electrons. The molecule has 1 aliphatic carbocycles. The normalized spacial score (nSPS) is 27.0. The second kappa shape index (κ2) is 5.78. The molecule has 2 rings (SSSR count). The summed E-state index contributed by atoms with van der Waals surface area (Å²) in [6, 6.07) is 7.60. The Labute approximate surface area is 129 Å². The molecule has 0 amide bonds. The number of hydrogen-bond donors (Lipinski definition) is 1. The van der Waals surface area contributed by atoms with Gasteiger partial charge in [0.25, 0.3) is 0 Å². The van der Waals surface area contributed by atoms with Gasteiger partial charge >= 0.3 is 0 Å². The van der Waals surface area contributed by atoms with E-state index in [1.807, 2.05) is 24.3 Å². The lowest BCUT2D eigenvalue weighted by Crippen LogP contribution is -2.39. The highest BCUT2D eigenvalue weighted by molar-refractivity contribution is 9.10. The lowest BCUT2D eigenvalue weighted by atomic mass is 9.74. The minimum Gasteiger partial charge on any atom is -0.385 e. The number of benzene rings is 1. The quantitative estimate of drug-likeness (QED) is 0.899.